The van der Waals surface area contributed by atoms with Crippen molar-refractivity contribution < 1.29 is 23.8 Å². The lowest BCUT2D eigenvalue weighted by Crippen LogP contribution is -2.27. The van der Waals surface area contributed by atoms with Gasteiger partial charge in [-0.25, -0.2) is 9.59 Å². The predicted octanol–water partition coefficient (Wildman–Crippen LogP) is 3.04. The van der Waals surface area contributed by atoms with Gasteiger partial charge in [0.15, 0.2) is 0 Å². The van der Waals surface area contributed by atoms with Gasteiger partial charge in [-0.2, -0.15) is 0 Å². The Hall–Kier alpha value is -0.660. The fourth-order valence-electron chi connectivity index (χ4n) is 1.85. The van der Waals surface area contributed by atoms with E-state index in [-0.39, 0.29) is 23.6 Å². The van der Waals surface area contributed by atoms with Gasteiger partial charge in [0.2, 0.25) is 0 Å². The average molecular weight is 306 g/mol. The van der Waals surface area contributed by atoms with Crippen LogP contribution in [-0.2, 0) is 14.2 Å². The van der Waals surface area contributed by atoms with Crippen LogP contribution in [0, 0.1) is 0 Å². The van der Waals surface area contributed by atoms with E-state index in [1.54, 1.807) is 25.5 Å². The number of thioether (sulfide) groups is 1. The molecule has 0 N–H and O–H groups in total. The van der Waals surface area contributed by atoms with E-state index < -0.39 is 5.30 Å². The minimum Gasteiger partial charge on any atom is -0.450 e. The van der Waals surface area contributed by atoms with Gasteiger partial charge in [0.1, 0.15) is 12.2 Å². The van der Waals surface area contributed by atoms with Crippen LogP contribution in [0.5, 0.6) is 0 Å². The summed E-state index contributed by atoms with van der Waals surface area (Å²) in [5.41, 5.74) is 0. The third kappa shape index (κ3) is 6.35. The molecule has 0 amide bonds. The van der Waals surface area contributed by atoms with E-state index in [1.807, 2.05) is 0 Å². The van der Waals surface area contributed by atoms with Gasteiger partial charge in [0.25, 0.3) is 0 Å². The maximum absolute atomic E-state index is 11.3. The van der Waals surface area contributed by atoms with Crippen LogP contribution in [0.1, 0.15) is 19.3 Å². The lowest BCUT2D eigenvalue weighted by molar-refractivity contribution is 0.0363. The number of carbonyl (C=O) groups excluding carboxylic acids is 2. The van der Waals surface area contributed by atoms with Crippen molar-refractivity contribution in [2.75, 3.05) is 13.4 Å². The number of rotatable bonds is 3. The zero-order valence-electron chi connectivity index (χ0n) is 10.9. The maximum Gasteiger partial charge on any atom is 0.367 e. The first-order valence-electron chi connectivity index (χ1n) is 5.90. The van der Waals surface area contributed by atoms with Gasteiger partial charge >= 0.3 is 10.6 Å². The minimum absolute atomic E-state index is 0.0364. The molecule has 0 radical (unpaired) electrons. The first-order chi connectivity index (χ1) is 9.05. The van der Waals surface area contributed by atoms with E-state index >= 15 is 0 Å². The van der Waals surface area contributed by atoms with E-state index in [1.165, 1.54) is 0 Å². The average Bonchev–Trinajstić information content (AvgIpc) is 2.36. The molecule has 0 aromatic heterocycles. The van der Waals surface area contributed by atoms with Crippen molar-refractivity contribution in [3.8, 4) is 0 Å². The van der Waals surface area contributed by atoms with Crippen LogP contribution in [0.15, 0.2) is 12.2 Å². The Kier molecular flexibility index (Phi) is 7.33. The normalized spacial score (nSPS) is 28.9. The highest BCUT2D eigenvalue weighted by molar-refractivity contribution is 8.12. The summed E-state index contributed by atoms with van der Waals surface area (Å²) in [6.45, 7) is 0. The van der Waals surface area contributed by atoms with Crippen LogP contribution < -0.4 is 0 Å². The molecule has 1 rings (SSSR count). The van der Waals surface area contributed by atoms with E-state index in [4.69, 9.17) is 14.2 Å². The number of methoxy groups -OCH3 is 1. The molecule has 19 heavy (non-hydrogen) atoms. The van der Waals surface area contributed by atoms with E-state index in [0.717, 1.165) is 18.2 Å². The second-order valence-corrected chi connectivity index (χ2v) is 5.20. The summed E-state index contributed by atoms with van der Waals surface area (Å²) in [6, 6.07) is 0. The van der Waals surface area contributed by atoms with Gasteiger partial charge in [-0.1, -0.05) is 12.6 Å². The number of thiol groups is 1. The SMILES string of the molecule is COC1CCC(OC(=O)S)/C=C/C(OC(=O)SC)C1. The summed E-state index contributed by atoms with van der Waals surface area (Å²) >= 11 is 4.61. The number of ether oxygens (including phenoxy) is 3. The maximum atomic E-state index is 11.3. The fraction of sp³-hybridized carbons (Fsp3) is 0.667. The third-order valence-electron chi connectivity index (χ3n) is 2.81. The Labute approximate surface area is 122 Å². The molecule has 0 bridgehead atoms. The molecule has 3 unspecified atom stereocenters. The summed E-state index contributed by atoms with van der Waals surface area (Å²) in [5, 5.41) is -0.963. The Bertz CT molecular complexity index is 345. The molecule has 7 heteroatoms. The molecule has 0 aromatic rings. The van der Waals surface area contributed by atoms with Crippen molar-refractivity contribution in [1.29, 1.82) is 0 Å². The number of hydrogen-bond acceptors (Lipinski definition) is 6. The minimum atomic E-state index is -0.623. The van der Waals surface area contributed by atoms with Gasteiger partial charge < -0.3 is 14.2 Å². The number of hydrogen-bond donors (Lipinski definition) is 1. The Balaban J connectivity index is 2.70. The number of carbonyl (C=O) groups is 2. The van der Waals surface area contributed by atoms with Gasteiger partial charge in [-0.15, -0.1) is 0 Å². The van der Waals surface area contributed by atoms with Crippen LogP contribution in [0.25, 0.3) is 0 Å². The summed E-state index contributed by atoms with van der Waals surface area (Å²) < 4.78 is 15.6. The quantitative estimate of drug-likeness (QED) is 0.491. The molecular formula is C12H18O5S2. The first kappa shape index (κ1) is 16.4. The van der Waals surface area contributed by atoms with Crippen molar-refractivity contribution in [1.82, 2.24) is 0 Å². The lowest BCUT2D eigenvalue weighted by atomic mass is 9.99. The Morgan fingerprint density at radius 3 is 2.47 bits per heavy atom. The van der Waals surface area contributed by atoms with E-state index in [2.05, 4.69) is 12.6 Å². The molecule has 0 spiro atoms. The smallest absolute Gasteiger partial charge is 0.367 e. The van der Waals surface area contributed by atoms with E-state index in [9.17, 15) is 9.59 Å². The van der Waals surface area contributed by atoms with Crippen LogP contribution >= 0.6 is 24.4 Å². The molecule has 0 saturated carbocycles. The zero-order valence-corrected chi connectivity index (χ0v) is 12.6. The highest BCUT2D eigenvalue weighted by atomic mass is 32.2. The molecule has 0 saturated heterocycles. The third-order valence-corrected chi connectivity index (χ3v) is 3.34. The molecule has 108 valence electrons. The lowest BCUT2D eigenvalue weighted by Gasteiger charge is -2.25. The topological polar surface area (TPSA) is 61.8 Å². The van der Waals surface area contributed by atoms with Crippen LogP contribution in [-0.4, -0.2) is 42.3 Å². The van der Waals surface area contributed by atoms with E-state index in [0.29, 0.717) is 12.8 Å². The predicted molar refractivity (Wildman–Crippen MR) is 76.8 cm³/mol. The highest BCUT2D eigenvalue weighted by Gasteiger charge is 2.23. The Morgan fingerprint density at radius 2 is 1.89 bits per heavy atom. The van der Waals surface area contributed by atoms with Gasteiger partial charge in [0.05, 0.1) is 6.10 Å². The largest absolute Gasteiger partial charge is 0.450 e. The van der Waals surface area contributed by atoms with Crippen molar-refractivity contribution in [3.63, 3.8) is 0 Å². The van der Waals surface area contributed by atoms with Crippen LogP contribution in [0.3, 0.4) is 0 Å². The Morgan fingerprint density at radius 1 is 1.21 bits per heavy atom. The molecule has 0 aromatic carbocycles. The monoisotopic (exact) mass is 306 g/mol. The second kappa shape index (κ2) is 8.50. The fourth-order valence-corrected chi connectivity index (χ4v) is 2.21. The molecule has 3 atom stereocenters. The van der Waals surface area contributed by atoms with Crippen LogP contribution in [0.2, 0.25) is 0 Å². The van der Waals surface area contributed by atoms with Gasteiger partial charge in [-0.3, -0.25) is 0 Å². The standard InChI is InChI=1S/C12H18O5S2/c1-15-9-5-3-8(16-11(13)18)4-6-10(7-9)17-12(14)19-2/h4,6,8-10H,3,5,7H2,1-2H3,(H,13,18)/b6-4+. The second-order valence-electron chi connectivity index (χ2n) is 4.09. The summed E-state index contributed by atoms with van der Waals surface area (Å²) in [7, 11) is 1.61. The first-order valence-corrected chi connectivity index (χ1v) is 7.57. The van der Waals surface area contributed by atoms with Crippen molar-refractivity contribution in [2.45, 2.75) is 37.6 Å². The molecule has 1 aliphatic carbocycles. The van der Waals surface area contributed by atoms with Gasteiger partial charge in [-0.05, 0) is 43.0 Å². The molecule has 1 aliphatic rings. The van der Waals surface area contributed by atoms with Crippen LogP contribution in [0.4, 0.5) is 9.59 Å². The van der Waals surface area contributed by atoms with Crippen molar-refractivity contribution in [3.05, 3.63) is 12.2 Å². The molecular weight excluding hydrogens is 288 g/mol. The molecule has 0 fully saturated rings. The summed E-state index contributed by atoms with van der Waals surface area (Å²) in [6.07, 6.45) is 6.34. The molecule has 0 aliphatic heterocycles. The van der Waals surface area contributed by atoms with Crippen molar-refractivity contribution >= 4 is 35.0 Å². The summed E-state index contributed by atoms with van der Waals surface area (Å²) in [4.78, 5) is 22.2. The molecule has 5 nitrogen and oxygen atoms in total. The van der Waals surface area contributed by atoms with Gasteiger partial charge in [0, 0.05) is 13.5 Å². The molecule has 0 heterocycles. The highest BCUT2D eigenvalue weighted by Crippen LogP contribution is 2.21. The zero-order chi connectivity index (χ0) is 14.3. The summed E-state index contributed by atoms with van der Waals surface area (Å²) in [5.74, 6) is 0. The van der Waals surface area contributed by atoms with Crippen molar-refractivity contribution in [2.24, 2.45) is 0 Å².